The number of nitrogens with two attached hydrogens (primary N) is 1. The number of aliphatic hydroxyl groups is 1. The number of aliphatic hydroxyl groups excluding tert-OH is 1. The van der Waals surface area contributed by atoms with Gasteiger partial charge in [-0.25, -0.2) is 0 Å². The molecule has 0 saturated heterocycles. The standard InChI is InChI=1S/C13H21NO.ClH/c1-2-3-4-11-5-7-12(8-6-11)13(14)9-10-15;/h5-8,13,15H,2-4,9-10,14H2,1H3;1H. The number of aryl methyl sites for hydroxylation is 1. The molecular weight excluding hydrogens is 222 g/mol. The molecule has 0 fully saturated rings. The molecule has 0 bridgehead atoms. The van der Waals surface area contributed by atoms with Crippen LogP contribution in [0.5, 0.6) is 0 Å². The maximum absolute atomic E-state index is 8.79. The van der Waals surface area contributed by atoms with Crippen LogP contribution in [-0.2, 0) is 6.42 Å². The second kappa shape index (κ2) is 8.57. The van der Waals surface area contributed by atoms with Crippen molar-refractivity contribution in [2.24, 2.45) is 5.73 Å². The molecule has 0 aromatic heterocycles. The van der Waals surface area contributed by atoms with E-state index < -0.39 is 0 Å². The summed E-state index contributed by atoms with van der Waals surface area (Å²) in [4.78, 5) is 0. The zero-order valence-corrected chi connectivity index (χ0v) is 10.7. The molecule has 0 radical (unpaired) electrons. The molecule has 1 rings (SSSR count). The Morgan fingerprint density at radius 3 is 2.38 bits per heavy atom. The lowest BCUT2D eigenvalue weighted by Crippen LogP contribution is -2.11. The van der Waals surface area contributed by atoms with E-state index in [4.69, 9.17) is 10.8 Å². The Morgan fingerprint density at radius 1 is 1.25 bits per heavy atom. The fraction of sp³-hybridized carbons (Fsp3) is 0.538. The maximum Gasteiger partial charge on any atom is 0.0449 e. The van der Waals surface area contributed by atoms with Gasteiger partial charge in [0.15, 0.2) is 0 Å². The van der Waals surface area contributed by atoms with Crippen molar-refractivity contribution in [3.05, 3.63) is 35.4 Å². The first kappa shape index (κ1) is 15.4. The van der Waals surface area contributed by atoms with Crippen LogP contribution in [0, 0.1) is 0 Å². The molecule has 2 nitrogen and oxygen atoms in total. The highest BCUT2D eigenvalue weighted by molar-refractivity contribution is 5.85. The first-order valence-electron chi connectivity index (χ1n) is 5.73. The van der Waals surface area contributed by atoms with Crippen molar-refractivity contribution >= 4 is 12.4 Å². The number of benzene rings is 1. The van der Waals surface area contributed by atoms with E-state index in [-0.39, 0.29) is 25.1 Å². The molecule has 1 aromatic rings. The number of hydrogen-bond acceptors (Lipinski definition) is 2. The van der Waals surface area contributed by atoms with Crippen LogP contribution in [0.2, 0.25) is 0 Å². The van der Waals surface area contributed by atoms with Crippen LogP contribution in [0.3, 0.4) is 0 Å². The molecular formula is C13H22ClNO. The molecule has 0 spiro atoms. The first-order valence-corrected chi connectivity index (χ1v) is 5.73. The van der Waals surface area contributed by atoms with E-state index in [0.29, 0.717) is 6.42 Å². The van der Waals surface area contributed by atoms with Crippen molar-refractivity contribution in [3.8, 4) is 0 Å². The van der Waals surface area contributed by atoms with Crippen LogP contribution < -0.4 is 5.73 Å². The minimum Gasteiger partial charge on any atom is -0.396 e. The van der Waals surface area contributed by atoms with E-state index in [1.807, 2.05) is 0 Å². The zero-order valence-electron chi connectivity index (χ0n) is 9.86. The fourth-order valence-corrected chi connectivity index (χ4v) is 1.62. The Morgan fingerprint density at radius 2 is 1.88 bits per heavy atom. The monoisotopic (exact) mass is 243 g/mol. The fourth-order valence-electron chi connectivity index (χ4n) is 1.62. The first-order chi connectivity index (χ1) is 7.27. The molecule has 0 saturated carbocycles. The summed E-state index contributed by atoms with van der Waals surface area (Å²) in [6.45, 7) is 2.35. The molecule has 1 atom stereocenters. The summed E-state index contributed by atoms with van der Waals surface area (Å²) in [6, 6.07) is 8.40. The van der Waals surface area contributed by atoms with Crippen LogP contribution in [0.4, 0.5) is 0 Å². The van der Waals surface area contributed by atoms with E-state index >= 15 is 0 Å². The Labute approximate surface area is 104 Å². The van der Waals surface area contributed by atoms with Gasteiger partial charge in [0, 0.05) is 12.6 Å². The molecule has 3 heteroatoms. The minimum atomic E-state index is -0.0322. The highest BCUT2D eigenvalue weighted by Gasteiger charge is 2.04. The molecule has 3 N–H and O–H groups in total. The van der Waals surface area contributed by atoms with Gasteiger partial charge < -0.3 is 10.8 Å². The second-order valence-electron chi connectivity index (χ2n) is 3.96. The van der Waals surface area contributed by atoms with Crippen LogP contribution in [0.25, 0.3) is 0 Å². The van der Waals surface area contributed by atoms with Crippen LogP contribution in [0.15, 0.2) is 24.3 Å². The number of rotatable bonds is 6. The third-order valence-corrected chi connectivity index (χ3v) is 2.67. The SMILES string of the molecule is CCCCc1ccc(C(N)CCO)cc1.Cl. The van der Waals surface area contributed by atoms with Gasteiger partial charge in [-0.15, -0.1) is 12.4 Å². The van der Waals surface area contributed by atoms with Crippen molar-refractivity contribution in [2.75, 3.05) is 6.61 Å². The smallest absolute Gasteiger partial charge is 0.0449 e. The summed E-state index contributed by atoms with van der Waals surface area (Å²) < 4.78 is 0. The maximum atomic E-state index is 8.79. The Balaban J connectivity index is 0.00000225. The lowest BCUT2D eigenvalue weighted by atomic mass is 10.0. The molecule has 1 unspecified atom stereocenters. The quantitative estimate of drug-likeness (QED) is 0.807. The van der Waals surface area contributed by atoms with Crippen molar-refractivity contribution in [2.45, 2.75) is 38.6 Å². The number of unbranched alkanes of at least 4 members (excludes halogenated alkanes) is 1. The predicted octanol–water partition coefficient (Wildman–Crippen LogP) is 2.83. The molecule has 0 aliphatic carbocycles. The molecule has 1 aromatic carbocycles. The lowest BCUT2D eigenvalue weighted by Gasteiger charge is -2.10. The summed E-state index contributed by atoms with van der Waals surface area (Å²) in [5.41, 5.74) is 8.38. The van der Waals surface area contributed by atoms with Gasteiger partial charge in [0.05, 0.1) is 0 Å². The number of hydrogen-bond donors (Lipinski definition) is 2. The van der Waals surface area contributed by atoms with Gasteiger partial charge >= 0.3 is 0 Å². The Bertz CT molecular complexity index is 274. The normalized spacial score (nSPS) is 11.9. The van der Waals surface area contributed by atoms with Crippen LogP contribution >= 0.6 is 12.4 Å². The van der Waals surface area contributed by atoms with E-state index in [9.17, 15) is 0 Å². The Kier molecular flexibility index (Phi) is 8.26. The molecule has 16 heavy (non-hydrogen) atoms. The molecule has 0 aliphatic heterocycles. The van der Waals surface area contributed by atoms with E-state index in [1.165, 1.54) is 18.4 Å². The van der Waals surface area contributed by atoms with Crippen LogP contribution in [0.1, 0.15) is 43.4 Å². The minimum absolute atomic E-state index is 0. The summed E-state index contributed by atoms with van der Waals surface area (Å²) in [5, 5.41) is 8.79. The summed E-state index contributed by atoms with van der Waals surface area (Å²) in [6.07, 6.45) is 4.24. The summed E-state index contributed by atoms with van der Waals surface area (Å²) >= 11 is 0. The van der Waals surface area contributed by atoms with Gasteiger partial charge in [0.2, 0.25) is 0 Å². The zero-order chi connectivity index (χ0) is 11.1. The summed E-state index contributed by atoms with van der Waals surface area (Å²) in [5.74, 6) is 0. The second-order valence-corrected chi connectivity index (χ2v) is 3.96. The predicted molar refractivity (Wildman–Crippen MR) is 70.9 cm³/mol. The highest BCUT2D eigenvalue weighted by Crippen LogP contribution is 2.15. The van der Waals surface area contributed by atoms with Gasteiger partial charge in [-0.3, -0.25) is 0 Å². The van der Waals surface area contributed by atoms with E-state index in [1.54, 1.807) is 0 Å². The van der Waals surface area contributed by atoms with Gasteiger partial charge in [0.1, 0.15) is 0 Å². The lowest BCUT2D eigenvalue weighted by molar-refractivity contribution is 0.276. The molecule has 92 valence electrons. The third-order valence-electron chi connectivity index (χ3n) is 2.67. The Hall–Kier alpha value is -0.570. The largest absolute Gasteiger partial charge is 0.396 e. The highest BCUT2D eigenvalue weighted by atomic mass is 35.5. The van der Waals surface area contributed by atoms with Crippen LogP contribution in [-0.4, -0.2) is 11.7 Å². The van der Waals surface area contributed by atoms with E-state index in [0.717, 1.165) is 12.0 Å². The van der Waals surface area contributed by atoms with Crippen molar-refractivity contribution in [1.29, 1.82) is 0 Å². The van der Waals surface area contributed by atoms with Gasteiger partial charge in [0.25, 0.3) is 0 Å². The van der Waals surface area contributed by atoms with Gasteiger partial charge in [-0.2, -0.15) is 0 Å². The molecule has 0 amide bonds. The van der Waals surface area contributed by atoms with Crippen molar-refractivity contribution in [3.63, 3.8) is 0 Å². The molecule has 0 heterocycles. The third kappa shape index (κ3) is 4.97. The molecule has 0 aliphatic rings. The van der Waals surface area contributed by atoms with Crippen molar-refractivity contribution in [1.82, 2.24) is 0 Å². The van der Waals surface area contributed by atoms with Crippen molar-refractivity contribution < 1.29 is 5.11 Å². The average Bonchev–Trinajstić information content (AvgIpc) is 2.27. The van der Waals surface area contributed by atoms with Gasteiger partial charge in [-0.1, -0.05) is 37.6 Å². The summed E-state index contributed by atoms with van der Waals surface area (Å²) in [7, 11) is 0. The van der Waals surface area contributed by atoms with E-state index in [2.05, 4.69) is 31.2 Å². The number of halogens is 1. The average molecular weight is 244 g/mol. The van der Waals surface area contributed by atoms with Gasteiger partial charge in [-0.05, 0) is 30.4 Å². The topological polar surface area (TPSA) is 46.2 Å².